The van der Waals surface area contributed by atoms with Crippen molar-refractivity contribution in [2.45, 2.75) is 11.3 Å². The summed E-state index contributed by atoms with van der Waals surface area (Å²) in [6, 6.07) is 7.95. The van der Waals surface area contributed by atoms with Crippen LogP contribution < -0.4 is 4.72 Å². The molecule has 6 nitrogen and oxygen atoms in total. The zero-order valence-corrected chi connectivity index (χ0v) is 12.0. The molecule has 8 heteroatoms. The largest absolute Gasteiger partial charge is 0.506 e. The molecule has 0 bridgehead atoms. The van der Waals surface area contributed by atoms with Crippen molar-refractivity contribution >= 4 is 21.7 Å². The first kappa shape index (κ1) is 15.8. The Bertz CT molecular complexity index is 802. The molecule has 0 aromatic heterocycles. The molecule has 0 aliphatic carbocycles. The Balaban J connectivity index is 2.32. The minimum Gasteiger partial charge on any atom is -0.506 e. The molecule has 0 amide bonds. The highest BCUT2D eigenvalue weighted by Gasteiger charge is 2.17. The van der Waals surface area contributed by atoms with Crippen LogP contribution in [0.15, 0.2) is 47.4 Å². The van der Waals surface area contributed by atoms with Crippen LogP contribution in [0.1, 0.15) is 5.56 Å². The number of phenolic OH excluding ortho intramolecular Hbond substituents is 1. The monoisotopic (exact) mass is 325 g/mol. The van der Waals surface area contributed by atoms with E-state index in [1.807, 2.05) is 0 Å². The Morgan fingerprint density at radius 1 is 1.14 bits per heavy atom. The summed E-state index contributed by atoms with van der Waals surface area (Å²) in [4.78, 5) is 10.5. The Morgan fingerprint density at radius 3 is 2.36 bits per heavy atom. The first-order valence-electron chi connectivity index (χ1n) is 6.10. The van der Waals surface area contributed by atoms with Gasteiger partial charge in [-0.3, -0.25) is 9.52 Å². The van der Waals surface area contributed by atoms with Crippen LogP contribution in [0.25, 0.3) is 0 Å². The second-order valence-corrected chi connectivity index (χ2v) is 6.16. The van der Waals surface area contributed by atoms with Crippen molar-refractivity contribution in [3.8, 4) is 5.75 Å². The first-order valence-corrected chi connectivity index (χ1v) is 7.58. The van der Waals surface area contributed by atoms with Crippen molar-refractivity contribution in [3.05, 3.63) is 53.8 Å². The molecule has 0 fully saturated rings. The standard InChI is InChI=1S/C14H12FNO5S/c15-10-2-4-11(5-3-10)22(20,21)16-12-7-9(8-14(18)19)1-6-13(12)17/h1-7,16-17H,8H2,(H,18,19). The van der Waals surface area contributed by atoms with Crippen molar-refractivity contribution in [1.29, 1.82) is 0 Å². The Morgan fingerprint density at radius 2 is 1.77 bits per heavy atom. The molecule has 22 heavy (non-hydrogen) atoms. The zero-order chi connectivity index (χ0) is 16.3. The molecule has 0 atom stereocenters. The second-order valence-electron chi connectivity index (χ2n) is 4.48. The van der Waals surface area contributed by atoms with Crippen molar-refractivity contribution in [2.75, 3.05) is 4.72 Å². The topological polar surface area (TPSA) is 104 Å². The molecule has 116 valence electrons. The average molecular weight is 325 g/mol. The summed E-state index contributed by atoms with van der Waals surface area (Å²) in [6.45, 7) is 0. The van der Waals surface area contributed by atoms with E-state index in [0.29, 0.717) is 5.56 Å². The molecule has 0 aliphatic rings. The molecule has 0 saturated carbocycles. The van der Waals surface area contributed by atoms with E-state index in [9.17, 15) is 22.7 Å². The first-order chi connectivity index (χ1) is 10.3. The Labute approximate surface area is 125 Å². The predicted octanol–water partition coefficient (Wildman–Crippen LogP) is 1.96. The van der Waals surface area contributed by atoms with E-state index in [1.54, 1.807) is 0 Å². The highest BCUT2D eigenvalue weighted by molar-refractivity contribution is 7.92. The number of aliphatic carboxylic acids is 1. The van der Waals surface area contributed by atoms with Crippen LogP contribution in [0, 0.1) is 5.82 Å². The number of phenols is 1. The van der Waals surface area contributed by atoms with Gasteiger partial charge in [0.2, 0.25) is 0 Å². The van der Waals surface area contributed by atoms with E-state index in [-0.39, 0.29) is 22.8 Å². The highest BCUT2D eigenvalue weighted by Crippen LogP contribution is 2.27. The lowest BCUT2D eigenvalue weighted by atomic mass is 10.1. The third kappa shape index (κ3) is 3.73. The van der Waals surface area contributed by atoms with E-state index in [2.05, 4.69) is 4.72 Å². The molecule has 2 aromatic rings. The fourth-order valence-electron chi connectivity index (χ4n) is 1.77. The van der Waals surface area contributed by atoms with E-state index >= 15 is 0 Å². The number of nitrogens with one attached hydrogen (secondary N) is 1. The van der Waals surface area contributed by atoms with Gasteiger partial charge in [0, 0.05) is 0 Å². The van der Waals surface area contributed by atoms with Gasteiger partial charge in [-0.25, -0.2) is 12.8 Å². The summed E-state index contributed by atoms with van der Waals surface area (Å²) < 4.78 is 39.2. The van der Waals surface area contributed by atoms with Crippen molar-refractivity contribution in [2.24, 2.45) is 0 Å². The summed E-state index contributed by atoms with van der Waals surface area (Å²) >= 11 is 0. The third-order valence-corrected chi connectivity index (χ3v) is 4.17. The van der Waals surface area contributed by atoms with Crippen molar-refractivity contribution < 1.29 is 27.8 Å². The van der Waals surface area contributed by atoms with E-state index in [0.717, 1.165) is 24.3 Å². The number of carbonyl (C=O) groups is 1. The van der Waals surface area contributed by atoms with Crippen LogP contribution in [0.5, 0.6) is 5.75 Å². The zero-order valence-electron chi connectivity index (χ0n) is 11.2. The van der Waals surface area contributed by atoms with Gasteiger partial charge in [0.05, 0.1) is 17.0 Å². The number of carboxylic acids is 1. The molecule has 2 rings (SSSR count). The van der Waals surface area contributed by atoms with Crippen LogP contribution >= 0.6 is 0 Å². The molecule has 0 radical (unpaired) electrons. The van der Waals surface area contributed by atoms with E-state index in [1.165, 1.54) is 18.2 Å². The summed E-state index contributed by atoms with van der Waals surface area (Å²) in [5.74, 6) is -2.01. The number of sulfonamides is 1. The van der Waals surface area contributed by atoms with Gasteiger partial charge in [-0.05, 0) is 42.0 Å². The van der Waals surface area contributed by atoms with Crippen LogP contribution in [0.2, 0.25) is 0 Å². The van der Waals surface area contributed by atoms with Crippen LogP contribution in [0.4, 0.5) is 10.1 Å². The number of carboxylic acid groups (broad SMARTS) is 1. The van der Waals surface area contributed by atoms with Gasteiger partial charge in [0.1, 0.15) is 11.6 Å². The summed E-state index contributed by atoms with van der Waals surface area (Å²) in [6.07, 6.45) is -0.314. The van der Waals surface area contributed by atoms with E-state index < -0.39 is 21.8 Å². The number of anilines is 1. The molecule has 0 heterocycles. The van der Waals surface area contributed by atoms with Crippen molar-refractivity contribution in [3.63, 3.8) is 0 Å². The van der Waals surface area contributed by atoms with Crippen molar-refractivity contribution in [1.82, 2.24) is 0 Å². The van der Waals surface area contributed by atoms with Gasteiger partial charge in [0.15, 0.2) is 0 Å². The molecular weight excluding hydrogens is 313 g/mol. The van der Waals surface area contributed by atoms with Gasteiger partial charge in [0.25, 0.3) is 10.0 Å². The van der Waals surface area contributed by atoms with Gasteiger partial charge in [-0.1, -0.05) is 6.07 Å². The highest BCUT2D eigenvalue weighted by atomic mass is 32.2. The smallest absolute Gasteiger partial charge is 0.307 e. The quantitative estimate of drug-likeness (QED) is 0.729. The van der Waals surface area contributed by atoms with Gasteiger partial charge in [-0.15, -0.1) is 0 Å². The molecule has 0 unspecified atom stereocenters. The minimum atomic E-state index is -4.02. The lowest BCUT2D eigenvalue weighted by Gasteiger charge is -2.11. The Hall–Kier alpha value is -2.61. The SMILES string of the molecule is O=C(O)Cc1ccc(O)c(NS(=O)(=O)c2ccc(F)cc2)c1. The molecule has 0 spiro atoms. The van der Waals surface area contributed by atoms with Gasteiger partial charge in [-0.2, -0.15) is 0 Å². The van der Waals surface area contributed by atoms with Crippen LogP contribution in [-0.4, -0.2) is 24.6 Å². The molecular formula is C14H12FNO5S. The summed E-state index contributed by atoms with van der Waals surface area (Å²) in [5, 5.41) is 18.4. The molecule has 0 saturated heterocycles. The number of halogens is 1. The molecule has 2 aromatic carbocycles. The maximum Gasteiger partial charge on any atom is 0.307 e. The number of aromatic hydroxyl groups is 1. The fraction of sp³-hybridized carbons (Fsp3) is 0.0714. The lowest BCUT2D eigenvalue weighted by Crippen LogP contribution is -2.13. The normalized spacial score (nSPS) is 11.1. The van der Waals surface area contributed by atoms with Gasteiger partial charge < -0.3 is 10.2 Å². The minimum absolute atomic E-state index is 0.150. The number of benzene rings is 2. The predicted molar refractivity (Wildman–Crippen MR) is 76.7 cm³/mol. The number of hydrogen-bond donors (Lipinski definition) is 3. The molecule has 3 N–H and O–H groups in total. The van der Waals surface area contributed by atoms with Crippen LogP contribution in [0.3, 0.4) is 0 Å². The maximum absolute atomic E-state index is 12.8. The van der Waals surface area contributed by atoms with Crippen LogP contribution in [-0.2, 0) is 21.2 Å². The lowest BCUT2D eigenvalue weighted by molar-refractivity contribution is -0.136. The summed E-state index contributed by atoms with van der Waals surface area (Å²) in [5.41, 5.74) is 0.171. The average Bonchev–Trinajstić information content (AvgIpc) is 2.42. The number of hydrogen-bond acceptors (Lipinski definition) is 4. The Kier molecular flexibility index (Phi) is 4.32. The third-order valence-electron chi connectivity index (χ3n) is 2.78. The number of rotatable bonds is 5. The second kappa shape index (κ2) is 6.02. The van der Waals surface area contributed by atoms with Gasteiger partial charge >= 0.3 is 5.97 Å². The summed E-state index contributed by atoms with van der Waals surface area (Å²) in [7, 11) is -4.02. The fourth-order valence-corrected chi connectivity index (χ4v) is 2.83. The van der Waals surface area contributed by atoms with E-state index in [4.69, 9.17) is 5.11 Å². The maximum atomic E-state index is 12.8. The molecule has 0 aliphatic heterocycles.